The summed E-state index contributed by atoms with van der Waals surface area (Å²) in [4.78, 5) is 21.8. The van der Waals surface area contributed by atoms with Crippen LogP contribution in [0.15, 0.2) is 18.2 Å². The molecule has 0 aromatic heterocycles. The van der Waals surface area contributed by atoms with E-state index in [-0.39, 0.29) is 22.8 Å². The minimum Gasteiger partial charge on any atom is -0.319 e. The molecule has 0 saturated carbocycles. The van der Waals surface area contributed by atoms with Crippen LogP contribution in [0.4, 0.5) is 11.4 Å². The van der Waals surface area contributed by atoms with Crippen LogP contribution in [0, 0.1) is 21.4 Å². The number of nitrogens with zero attached hydrogens (tertiary/aromatic N) is 2. The van der Waals surface area contributed by atoms with Gasteiger partial charge in [-0.05, 0) is 26.1 Å². The molecule has 1 amide bonds. The Morgan fingerprint density at radius 1 is 1.56 bits per heavy atom. The number of nitro benzene ring substituents is 1. The molecule has 0 aliphatic carbocycles. The molecule has 94 valence electrons. The van der Waals surface area contributed by atoms with E-state index in [4.69, 9.17) is 5.26 Å². The van der Waals surface area contributed by atoms with Crippen molar-refractivity contribution in [2.24, 2.45) is 0 Å². The monoisotopic (exact) mass is 248 g/mol. The molecule has 18 heavy (non-hydrogen) atoms. The van der Waals surface area contributed by atoms with Gasteiger partial charge in [0.25, 0.3) is 5.69 Å². The predicted molar refractivity (Wildman–Crippen MR) is 65.0 cm³/mol. The summed E-state index contributed by atoms with van der Waals surface area (Å²) >= 11 is 0. The second-order valence-electron chi connectivity index (χ2n) is 3.60. The minimum absolute atomic E-state index is 0.0751. The Morgan fingerprint density at radius 3 is 2.72 bits per heavy atom. The van der Waals surface area contributed by atoms with Crippen molar-refractivity contribution in [1.29, 1.82) is 5.26 Å². The minimum atomic E-state index is -0.638. The molecule has 0 aliphatic rings. The molecule has 1 aromatic rings. The van der Waals surface area contributed by atoms with E-state index in [2.05, 4.69) is 10.6 Å². The Bertz CT molecular complexity index is 522. The Kier molecular flexibility index (Phi) is 4.34. The number of carbonyl (C=O) groups is 1. The maximum Gasteiger partial charge on any atom is 0.294 e. The summed E-state index contributed by atoms with van der Waals surface area (Å²) in [5, 5.41) is 24.7. The number of nitro groups is 1. The number of anilines is 1. The average Bonchev–Trinajstić information content (AvgIpc) is 2.37. The lowest BCUT2D eigenvalue weighted by atomic mass is 10.2. The molecule has 0 saturated heterocycles. The summed E-state index contributed by atoms with van der Waals surface area (Å²) in [5.74, 6) is -0.384. The molecule has 7 nitrogen and oxygen atoms in total. The van der Waals surface area contributed by atoms with Gasteiger partial charge in [-0.3, -0.25) is 14.9 Å². The van der Waals surface area contributed by atoms with Crippen LogP contribution in [-0.4, -0.2) is 23.9 Å². The number of hydrogen-bond acceptors (Lipinski definition) is 5. The van der Waals surface area contributed by atoms with Crippen molar-refractivity contribution in [3.05, 3.63) is 33.9 Å². The Labute approximate surface area is 104 Å². The number of rotatable bonds is 4. The first kappa shape index (κ1) is 13.6. The molecule has 0 spiro atoms. The molecular weight excluding hydrogens is 236 g/mol. The fourth-order valence-corrected chi connectivity index (χ4v) is 1.23. The highest BCUT2D eigenvalue weighted by atomic mass is 16.6. The van der Waals surface area contributed by atoms with Crippen LogP contribution in [0.5, 0.6) is 0 Å². The topological polar surface area (TPSA) is 108 Å². The van der Waals surface area contributed by atoms with Gasteiger partial charge in [0.15, 0.2) is 0 Å². The third kappa shape index (κ3) is 3.02. The lowest BCUT2D eigenvalue weighted by Crippen LogP contribution is -2.35. The molecule has 7 heteroatoms. The second-order valence-corrected chi connectivity index (χ2v) is 3.60. The molecular formula is C11H12N4O3. The smallest absolute Gasteiger partial charge is 0.294 e. The Balaban J connectivity index is 3.06. The SMILES string of the molecule is CNC(C)C(=O)Nc1ccc(C#N)cc1[N+](=O)[O-]. The van der Waals surface area contributed by atoms with E-state index in [1.54, 1.807) is 14.0 Å². The zero-order valence-electron chi connectivity index (χ0n) is 9.93. The normalized spacial score (nSPS) is 11.4. The van der Waals surface area contributed by atoms with Crippen LogP contribution < -0.4 is 10.6 Å². The Hall–Kier alpha value is -2.46. The van der Waals surface area contributed by atoms with E-state index in [1.165, 1.54) is 12.1 Å². The summed E-state index contributed by atoms with van der Waals surface area (Å²) in [6, 6.07) is 5.21. The molecule has 0 bridgehead atoms. The van der Waals surface area contributed by atoms with E-state index in [0.29, 0.717) is 0 Å². The number of benzene rings is 1. The standard InChI is InChI=1S/C11H12N4O3/c1-7(13-2)11(16)14-9-4-3-8(6-12)5-10(9)15(17)18/h3-5,7,13H,1-2H3,(H,14,16). The van der Waals surface area contributed by atoms with Gasteiger partial charge in [0, 0.05) is 6.07 Å². The van der Waals surface area contributed by atoms with Crippen molar-refractivity contribution in [2.75, 3.05) is 12.4 Å². The van der Waals surface area contributed by atoms with Crippen molar-refractivity contribution < 1.29 is 9.72 Å². The fourth-order valence-electron chi connectivity index (χ4n) is 1.23. The van der Waals surface area contributed by atoms with Gasteiger partial charge >= 0.3 is 0 Å². The van der Waals surface area contributed by atoms with Crippen molar-refractivity contribution >= 4 is 17.3 Å². The van der Waals surface area contributed by atoms with Crippen LogP contribution in [0.1, 0.15) is 12.5 Å². The summed E-state index contributed by atoms with van der Waals surface area (Å²) < 4.78 is 0. The summed E-state index contributed by atoms with van der Waals surface area (Å²) in [6.07, 6.45) is 0. The first-order valence-electron chi connectivity index (χ1n) is 5.16. The van der Waals surface area contributed by atoms with Gasteiger partial charge in [-0.2, -0.15) is 5.26 Å². The zero-order chi connectivity index (χ0) is 13.7. The van der Waals surface area contributed by atoms with E-state index < -0.39 is 11.0 Å². The number of nitrogens with one attached hydrogen (secondary N) is 2. The zero-order valence-corrected chi connectivity index (χ0v) is 9.93. The molecule has 0 heterocycles. The van der Waals surface area contributed by atoms with Crippen molar-refractivity contribution in [3.8, 4) is 6.07 Å². The molecule has 0 fully saturated rings. The van der Waals surface area contributed by atoms with Crippen molar-refractivity contribution in [1.82, 2.24) is 5.32 Å². The second kappa shape index (κ2) is 5.75. The third-order valence-corrected chi connectivity index (χ3v) is 2.41. The molecule has 1 rings (SSSR count). The first-order chi connectivity index (χ1) is 8.49. The van der Waals surface area contributed by atoms with Crippen molar-refractivity contribution in [3.63, 3.8) is 0 Å². The van der Waals surface area contributed by atoms with E-state index in [1.807, 2.05) is 6.07 Å². The van der Waals surface area contributed by atoms with Crippen LogP contribution in [0.2, 0.25) is 0 Å². The van der Waals surface area contributed by atoms with E-state index in [9.17, 15) is 14.9 Å². The lowest BCUT2D eigenvalue weighted by Gasteiger charge is -2.11. The maximum atomic E-state index is 11.6. The van der Waals surface area contributed by atoms with E-state index >= 15 is 0 Å². The molecule has 0 radical (unpaired) electrons. The summed E-state index contributed by atoms with van der Waals surface area (Å²) in [6.45, 7) is 1.63. The maximum absolute atomic E-state index is 11.6. The van der Waals surface area contributed by atoms with Crippen LogP contribution in [0.25, 0.3) is 0 Å². The molecule has 1 atom stereocenters. The molecule has 1 aromatic carbocycles. The summed E-state index contributed by atoms with van der Waals surface area (Å²) in [7, 11) is 1.61. The molecule has 1 unspecified atom stereocenters. The molecule has 0 aliphatic heterocycles. The third-order valence-electron chi connectivity index (χ3n) is 2.41. The largest absolute Gasteiger partial charge is 0.319 e. The highest BCUT2D eigenvalue weighted by molar-refractivity contribution is 5.96. The highest BCUT2D eigenvalue weighted by Crippen LogP contribution is 2.25. The lowest BCUT2D eigenvalue weighted by molar-refractivity contribution is -0.383. The van der Waals surface area contributed by atoms with E-state index in [0.717, 1.165) is 6.07 Å². The van der Waals surface area contributed by atoms with Crippen molar-refractivity contribution in [2.45, 2.75) is 13.0 Å². The number of likely N-dealkylation sites (N-methyl/N-ethyl adjacent to an activating group) is 1. The van der Waals surface area contributed by atoms with Crippen LogP contribution in [-0.2, 0) is 4.79 Å². The van der Waals surface area contributed by atoms with Gasteiger partial charge in [-0.1, -0.05) is 0 Å². The highest BCUT2D eigenvalue weighted by Gasteiger charge is 2.18. The quantitative estimate of drug-likeness (QED) is 0.610. The Morgan fingerprint density at radius 2 is 2.22 bits per heavy atom. The van der Waals surface area contributed by atoms with Gasteiger partial charge in [0.1, 0.15) is 5.69 Å². The number of nitriles is 1. The summed E-state index contributed by atoms with van der Waals surface area (Å²) in [5.41, 5.74) is -0.0573. The molecule has 2 N–H and O–H groups in total. The fraction of sp³-hybridized carbons (Fsp3) is 0.273. The van der Waals surface area contributed by atoms with Gasteiger partial charge in [-0.15, -0.1) is 0 Å². The number of carbonyl (C=O) groups excluding carboxylic acids is 1. The van der Waals surface area contributed by atoms with Crippen LogP contribution in [0.3, 0.4) is 0 Å². The van der Waals surface area contributed by atoms with Gasteiger partial charge in [0.2, 0.25) is 5.91 Å². The first-order valence-corrected chi connectivity index (χ1v) is 5.16. The van der Waals surface area contributed by atoms with Crippen LogP contribution >= 0.6 is 0 Å². The predicted octanol–water partition coefficient (Wildman–Crippen LogP) is 1.01. The number of hydrogen-bond donors (Lipinski definition) is 2. The number of amides is 1. The average molecular weight is 248 g/mol. The van der Waals surface area contributed by atoms with Gasteiger partial charge < -0.3 is 10.6 Å². The van der Waals surface area contributed by atoms with Gasteiger partial charge in [0.05, 0.1) is 22.6 Å². The van der Waals surface area contributed by atoms with Gasteiger partial charge in [-0.25, -0.2) is 0 Å².